The normalized spacial score (nSPS) is 18.7. The summed E-state index contributed by atoms with van der Waals surface area (Å²) in [6, 6.07) is 3.97. The number of hydrogen-bond acceptors (Lipinski definition) is 7. The molecule has 2 aromatic heterocycles. The van der Waals surface area contributed by atoms with E-state index in [-0.39, 0.29) is 0 Å². The molecule has 4 rings (SSSR count). The quantitative estimate of drug-likeness (QED) is 0.647. The Hall–Kier alpha value is -2.64. The number of aromatic nitrogens is 2. The van der Waals surface area contributed by atoms with Crippen LogP contribution >= 0.6 is 0 Å². The van der Waals surface area contributed by atoms with Gasteiger partial charge in [0.05, 0.1) is 18.4 Å². The minimum Gasteiger partial charge on any atom is -0.491 e. The van der Waals surface area contributed by atoms with Crippen LogP contribution in [0.1, 0.15) is 28.9 Å². The Morgan fingerprint density at radius 2 is 2.11 bits per heavy atom. The number of aliphatic hydroxyl groups excluding tert-OH is 1. The number of aliphatic hydroxyl groups is 1. The molecule has 2 aliphatic rings. The van der Waals surface area contributed by atoms with Crippen LogP contribution in [0.5, 0.6) is 5.75 Å². The van der Waals surface area contributed by atoms with E-state index in [1.165, 1.54) is 0 Å². The Labute approximate surface area is 165 Å². The molecule has 4 heterocycles. The van der Waals surface area contributed by atoms with E-state index < -0.39 is 6.10 Å². The van der Waals surface area contributed by atoms with E-state index in [9.17, 15) is 5.11 Å². The fourth-order valence-electron chi connectivity index (χ4n) is 3.84. The number of pyridine rings is 2. The minimum absolute atomic E-state index is 0.411. The van der Waals surface area contributed by atoms with E-state index in [0.29, 0.717) is 19.6 Å². The molecule has 148 valence electrons. The molecular weight excluding hydrogens is 354 g/mol. The highest BCUT2D eigenvalue weighted by atomic mass is 16.5. The number of anilines is 3. The molecule has 0 amide bonds. The molecule has 0 fully saturated rings. The van der Waals surface area contributed by atoms with Gasteiger partial charge in [-0.25, -0.2) is 9.97 Å². The first kappa shape index (κ1) is 18.7. The summed E-state index contributed by atoms with van der Waals surface area (Å²) in [5.41, 5.74) is 6.05. The van der Waals surface area contributed by atoms with Crippen molar-refractivity contribution in [3.05, 3.63) is 40.7 Å². The molecule has 0 spiro atoms. The Morgan fingerprint density at radius 1 is 1.25 bits per heavy atom. The van der Waals surface area contributed by atoms with Gasteiger partial charge in [-0.3, -0.25) is 0 Å². The van der Waals surface area contributed by atoms with E-state index in [1.54, 1.807) is 0 Å². The van der Waals surface area contributed by atoms with Crippen LogP contribution in [0.3, 0.4) is 0 Å². The number of nitrogens with one attached hydrogen (secondary N) is 3. The zero-order valence-corrected chi connectivity index (χ0v) is 16.6. The van der Waals surface area contributed by atoms with Gasteiger partial charge in [-0.05, 0) is 25.5 Å². The lowest BCUT2D eigenvalue weighted by atomic mass is 9.94. The summed E-state index contributed by atoms with van der Waals surface area (Å²) in [7, 11) is 1.89. The number of aryl methyl sites for hydroxylation is 1. The second kappa shape index (κ2) is 7.77. The minimum atomic E-state index is -0.411. The van der Waals surface area contributed by atoms with Crippen molar-refractivity contribution >= 4 is 22.9 Å². The van der Waals surface area contributed by atoms with Crippen LogP contribution in [0.15, 0.2) is 18.2 Å². The molecule has 0 radical (unpaired) electrons. The Kier molecular flexibility index (Phi) is 5.19. The summed E-state index contributed by atoms with van der Waals surface area (Å²) in [6.07, 6.45) is 3.12. The van der Waals surface area contributed by atoms with Crippen molar-refractivity contribution in [2.45, 2.75) is 32.8 Å². The topological polar surface area (TPSA) is 91.3 Å². The van der Waals surface area contributed by atoms with Crippen LogP contribution in [-0.2, 0) is 6.42 Å². The van der Waals surface area contributed by atoms with Gasteiger partial charge in [0, 0.05) is 61.6 Å². The number of hydrogen-bond donors (Lipinski definition) is 4. The molecule has 4 N–H and O–H groups in total. The highest BCUT2D eigenvalue weighted by Gasteiger charge is 2.26. The Balaban J connectivity index is 1.77. The maximum absolute atomic E-state index is 10.3. The predicted octanol–water partition coefficient (Wildman–Crippen LogP) is 2.55. The third-order valence-electron chi connectivity index (χ3n) is 5.19. The summed E-state index contributed by atoms with van der Waals surface area (Å²) in [4.78, 5) is 9.42. The number of nitrogens with zero attached hydrogens (tertiary/aromatic N) is 2. The van der Waals surface area contributed by atoms with Crippen molar-refractivity contribution in [2.75, 3.05) is 37.4 Å². The maximum Gasteiger partial charge on any atom is 0.148 e. The van der Waals surface area contributed by atoms with Gasteiger partial charge in [0.1, 0.15) is 17.4 Å². The van der Waals surface area contributed by atoms with Crippen molar-refractivity contribution < 1.29 is 9.84 Å². The summed E-state index contributed by atoms with van der Waals surface area (Å²) in [5.74, 6) is 2.39. The molecule has 2 aliphatic heterocycles. The van der Waals surface area contributed by atoms with Gasteiger partial charge in [-0.2, -0.15) is 0 Å². The van der Waals surface area contributed by atoms with Crippen molar-refractivity contribution in [1.82, 2.24) is 15.3 Å². The molecule has 7 heteroatoms. The maximum atomic E-state index is 10.3. The number of fused-ring (bicyclic) bond motifs is 1. The monoisotopic (exact) mass is 381 g/mol. The van der Waals surface area contributed by atoms with Gasteiger partial charge in [-0.1, -0.05) is 6.08 Å². The molecule has 28 heavy (non-hydrogen) atoms. The van der Waals surface area contributed by atoms with Crippen LogP contribution in [0.4, 0.5) is 17.3 Å². The highest BCUT2D eigenvalue weighted by molar-refractivity contribution is 5.79. The van der Waals surface area contributed by atoms with Crippen LogP contribution in [0.25, 0.3) is 5.57 Å². The van der Waals surface area contributed by atoms with Gasteiger partial charge in [0.25, 0.3) is 0 Å². The van der Waals surface area contributed by atoms with Crippen molar-refractivity contribution in [1.29, 1.82) is 0 Å². The molecule has 0 unspecified atom stereocenters. The first-order valence-corrected chi connectivity index (χ1v) is 9.73. The fraction of sp³-hybridized carbons (Fsp3) is 0.429. The summed E-state index contributed by atoms with van der Waals surface area (Å²) in [5, 5.41) is 20.1. The number of β-amino-alcohol motifs (C(OH)–C–C–N with tert-alkyl or cyclic N) is 1. The Morgan fingerprint density at radius 3 is 2.93 bits per heavy atom. The first-order chi connectivity index (χ1) is 13.5. The lowest BCUT2D eigenvalue weighted by Gasteiger charge is -2.19. The van der Waals surface area contributed by atoms with Crippen molar-refractivity contribution in [3.8, 4) is 5.75 Å². The van der Waals surface area contributed by atoms with Gasteiger partial charge < -0.3 is 25.8 Å². The fourth-order valence-corrected chi connectivity index (χ4v) is 3.84. The van der Waals surface area contributed by atoms with Gasteiger partial charge in [0.2, 0.25) is 0 Å². The van der Waals surface area contributed by atoms with E-state index >= 15 is 0 Å². The van der Waals surface area contributed by atoms with Crippen LogP contribution < -0.4 is 20.7 Å². The average Bonchev–Trinajstić information content (AvgIpc) is 3.01. The molecular formula is C21H27N5O2. The van der Waals surface area contributed by atoms with E-state index in [4.69, 9.17) is 9.72 Å². The van der Waals surface area contributed by atoms with Crippen LogP contribution in [0.2, 0.25) is 0 Å². The molecule has 2 aromatic rings. The smallest absolute Gasteiger partial charge is 0.148 e. The van der Waals surface area contributed by atoms with Crippen molar-refractivity contribution in [2.24, 2.45) is 0 Å². The van der Waals surface area contributed by atoms with Gasteiger partial charge in [-0.15, -0.1) is 0 Å². The van der Waals surface area contributed by atoms with E-state index in [0.717, 1.165) is 64.1 Å². The highest BCUT2D eigenvalue weighted by Crippen LogP contribution is 2.40. The van der Waals surface area contributed by atoms with Gasteiger partial charge >= 0.3 is 0 Å². The largest absolute Gasteiger partial charge is 0.491 e. The van der Waals surface area contributed by atoms with Crippen LogP contribution in [-0.4, -0.2) is 47.9 Å². The summed E-state index contributed by atoms with van der Waals surface area (Å²) >= 11 is 0. The summed E-state index contributed by atoms with van der Waals surface area (Å²) < 4.78 is 5.94. The molecule has 1 atom stereocenters. The second-order valence-corrected chi connectivity index (χ2v) is 7.34. The third kappa shape index (κ3) is 3.68. The van der Waals surface area contributed by atoms with E-state index in [2.05, 4.69) is 27.0 Å². The number of rotatable bonds is 4. The molecule has 0 saturated heterocycles. The average molecular weight is 381 g/mol. The number of ether oxygens (including phenoxy) is 1. The molecule has 7 nitrogen and oxygen atoms in total. The SMILES string of the molecule is CNc1cc(C)nc(Nc2nc3c(c(C4=CCNC[C@@H](O)C4)c2C)OCC3)c1. The third-order valence-corrected chi connectivity index (χ3v) is 5.19. The lowest BCUT2D eigenvalue weighted by Crippen LogP contribution is -2.24. The second-order valence-electron chi connectivity index (χ2n) is 7.34. The molecule has 0 aliphatic carbocycles. The van der Waals surface area contributed by atoms with Crippen molar-refractivity contribution in [3.63, 3.8) is 0 Å². The Bertz CT molecular complexity index is 925. The van der Waals surface area contributed by atoms with Crippen LogP contribution in [0, 0.1) is 13.8 Å². The summed E-state index contributed by atoms with van der Waals surface area (Å²) in [6.45, 7) is 5.99. The molecule has 0 saturated carbocycles. The van der Waals surface area contributed by atoms with E-state index in [1.807, 2.05) is 33.0 Å². The standard InChI is InChI=1S/C21H27N5O2/c1-12-8-15(22-3)10-18(24-12)26-21-13(2)19(20-17(25-21)5-7-28-20)14-4-6-23-11-16(27)9-14/h4,8,10,16,23,27H,5-7,9,11H2,1-3H3,(H2,22,24,25,26)/t16-/m0/s1. The van der Waals surface area contributed by atoms with Gasteiger partial charge in [0.15, 0.2) is 0 Å². The zero-order chi connectivity index (χ0) is 19.7. The lowest BCUT2D eigenvalue weighted by molar-refractivity contribution is 0.180. The first-order valence-electron chi connectivity index (χ1n) is 9.73. The molecule has 0 bridgehead atoms. The zero-order valence-electron chi connectivity index (χ0n) is 16.6. The predicted molar refractivity (Wildman–Crippen MR) is 111 cm³/mol. The molecule has 0 aromatic carbocycles.